The first-order chi connectivity index (χ1) is 7.83. The van der Waals surface area contributed by atoms with Crippen LogP contribution in [0.5, 0.6) is 5.75 Å². The van der Waals surface area contributed by atoms with Crippen molar-refractivity contribution < 1.29 is 9.13 Å². The van der Waals surface area contributed by atoms with Crippen molar-refractivity contribution >= 4 is 17.4 Å². The molecule has 2 N–H and O–H groups in total. The summed E-state index contributed by atoms with van der Waals surface area (Å²) in [4.78, 5) is 0.866. The Labute approximate surface area is 107 Å². The highest BCUT2D eigenvalue weighted by Gasteiger charge is 2.16. The Balaban J connectivity index is 2.97. The smallest absolute Gasteiger partial charge is 0.167 e. The highest BCUT2D eigenvalue weighted by molar-refractivity contribution is 8.00. The molecule has 0 atom stereocenters. The number of rotatable bonds is 4. The second-order valence-corrected chi connectivity index (χ2v) is 6.75. The molecule has 0 aliphatic rings. The lowest BCUT2D eigenvalue weighted by atomic mass is 10.2. The minimum absolute atomic E-state index is 0.0357. The number of hydrogen-bond acceptors (Lipinski definition) is 3. The van der Waals surface area contributed by atoms with Gasteiger partial charge in [0.25, 0.3) is 0 Å². The molecular weight excluding hydrogens is 237 g/mol. The van der Waals surface area contributed by atoms with Gasteiger partial charge in [-0.3, -0.25) is 0 Å². The molecule has 2 nitrogen and oxygen atoms in total. The van der Waals surface area contributed by atoms with Gasteiger partial charge in [0.2, 0.25) is 0 Å². The minimum Gasteiger partial charge on any atom is -0.490 e. The molecule has 0 aliphatic carbocycles. The van der Waals surface area contributed by atoms with Gasteiger partial charge in [0.15, 0.2) is 11.6 Å². The molecule has 0 bridgehead atoms. The number of hydrogen-bond donors (Lipinski definition) is 1. The average molecular weight is 257 g/mol. The summed E-state index contributed by atoms with van der Waals surface area (Å²) in [7, 11) is 0. The van der Waals surface area contributed by atoms with Gasteiger partial charge in [-0.05, 0) is 12.5 Å². The van der Waals surface area contributed by atoms with Crippen LogP contribution in [0.3, 0.4) is 0 Å². The summed E-state index contributed by atoms with van der Waals surface area (Å²) in [5, 5.41) is 0. The van der Waals surface area contributed by atoms with Gasteiger partial charge in [0.1, 0.15) is 0 Å². The van der Waals surface area contributed by atoms with Crippen molar-refractivity contribution in [2.75, 3.05) is 12.3 Å². The Bertz CT molecular complexity index is 388. The topological polar surface area (TPSA) is 35.2 Å². The van der Waals surface area contributed by atoms with E-state index >= 15 is 0 Å². The third-order valence-electron chi connectivity index (χ3n) is 1.94. The van der Waals surface area contributed by atoms with Crippen LogP contribution in [0.1, 0.15) is 34.1 Å². The molecule has 17 heavy (non-hydrogen) atoms. The van der Waals surface area contributed by atoms with Gasteiger partial charge < -0.3 is 10.5 Å². The molecule has 0 saturated carbocycles. The molecular formula is C13H20FNOS. The first-order valence-corrected chi connectivity index (χ1v) is 6.56. The fourth-order valence-electron chi connectivity index (χ4n) is 1.29. The van der Waals surface area contributed by atoms with Gasteiger partial charge in [0, 0.05) is 21.4 Å². The first-order valence-electron chi connectivity index (χ1n) is 5.74. The molecule has 1 aromatic rings. The third-order valence-corrected chi connectivity index (χ3v) is 3.13. The van der Waals surface area contributed by atoms with E-state index in [0.717, 1.165) is 11.3 Å². The fraction of sp³-hybridized carbons (Fsp3) is 0.538. The van der Waals surface area contributed by atoms with E-state index in [9.17, 15) is 4.39 Å². The van der Waals surface area contributed by atoms with Crippen LogP contribution in [-0.2, 0) is 0 Å². The van der Waals surface area contributed by atoms with E-state index in [2.05, 4.69) is 20.8 Å². The maximum Gasteiger partial charge on any atom is 0.167 e. The molecule has 0 aromatic heterocycles. The number of nitrogen functional groups attached to an aromatic ring is 1. The number of anilines is 1. The Morgan fingerprint density at radius 2 is 2.00 bits per heavy atom. The molecule has 0 unspecified atom stereocenters. The van der Waals surface area contributed by atoms with Crippen molar-refractivity contribution in [2.45, 2.75) is 43.8 Å². The fourth-order valence-corrected chi connectivity index (χ4v) is 2.29. The Kier molecular flexibility index (Phi) is 4.69. The largest absolute Gasteiger partial charge is 0.490 e. The van der Waals surface area contributed by atoms with E-state index in [1.165, 1.54) is 6.07 Å². The average Bonchev–Trinajstić information content (AvgIpc) is 2.18. The molecule has 0 amide bonds. The van der Waals surface area contributed by atoms with Crippen LogP contribution in [0, 0.1) is 5.82 Å². The van der Waals surface area contributed by atoms with Gasteiger partial charge in [-0.25, -0.2) is 4.39 Å². The van der Waals surface area contributed by atoms with Crippen LogP contribution in [0.2, 0.25) is 0 Å². The molecule has 0 saturated heterocycles. The second-order valence-electron chi connectivity index (χ2n) is 4.88. The van der Waals surface area contributed by atoms with Crippen molar-refractivity contribution in [2.24, 2.45) is 0 Å². The van der Waals surface area contributed by atoms with Crippen molar-refractivity contribution in [3.63, 3.8) is 0 Å². The molecule has 0 aliphatic heterocycles. The Morgan fingerprint density at radius 1 is 1.35 bits per heavy atom. The quantitative estimate of drug-likeness (QED) is 0.652. The van der Waals surface area contributed by atoms with Gasteiger partial charge >= 0.3 is 0 Å². The summed E-state index contributed by atoms with van der Waals surface area (Å²) in [6.45, 7) is 8.77. The lowest BCUT2D eigenvalue weighted by molar-refractivity contribution is 0.300. The first kappa shape index (κ1) is 14.2. The third kappa shape index (κ3) is 4.46. The summed E-state index contributed by atoms with van der Waals surface area (Å²) >= 11 is 1.61. The summed E-state index contributed by atoms with van der Waals surface area (Å²) in [5.41, 5.74) is 6.27. The minimum atomic E-state index is -0.394. The van der Waals surface area contributed by atoms with Crippen LogP contribution >= 0.6 is 11.8 Å². The van der Waals surface area contributed by atoms with Crippen molar-refractivity contribution in [3.8, 4) is 5.75 Å². The van der Waals surface area contributed by atoms with Gasteiger partial charge in [-0.15, -0.1) is 11.8 Å². The standard InChI is InChI=1S/C13H20FNOS/c1-5-6-16-11-8-12(17-13(2,3)4)10(15)7-9(11)14/h7-8H,5-6,15H2,1-4H3. The van der Waals surface area contributed by atoms with Crippen molar-refractivity contribution in [1.82, 2.24) is 0 Å². The summed E-state index contributed by atoms with van der Waals surface area (Å²) in [6, 6.07) is 3.02. The van der Waals surface area contributed by atoms with Crippen LogP contribution in [0.15, 0.2) is 17.0 Å². The van der Waals surface area contributed by atoms with Crippen LogP contribution in [-0.4, -0.2) is 11.4 Å². The highest BCUT2D eigenvalue weighted by Crippen LogP contribution is 2.38. The van der Waals surface area contributed by atoms with Crippen LogP contribution in [0.4, 0.5) is 10.1 Å². The number of benzene rings is 1. The number of halogens is 1. The summed E-state index contributed by atoms with van der Waals surface area (Å²) in [6.07, 6.45) is 0.853. The summed E-state index contributed by atoms with van der Waals surface area (Å²) in [5.74, 6) is -0.109. The predicted octanol–water partition coefficient (Wildman–Crippen LogP) is 4.09. The molecule has 0 fully saturated rings. The maximum atomic E-state index is 13.6. The number of ether oxygens (including phenoxy) is 1. The van der Waals surface area contributed by atoms with E-state index in [1.807, 2.05) is 6.92 Å². The van der Waals surface area contributed by atoms with Gasteiger partial charge in [0.05, 0.1) is 6.61 Å². The molecule has 1 rings (SSSR count). The van der Waals surface area contributed by atoms with Crippen LogP contribution in [0.25, 0.3) is 0 Å². The predicted molar refractivity (Wildman–Crippen MR) is 72.2 cm³/mol. The monoisotopic (exact) mass is 257 g/mol. The Hall–Kier alpha value is -0.900. The van der Waals surface area contributed by atoms with E-state index < -0.39 is 5.82 Å². The molecule has 4 heteroatoms. The lowest BCUT2D eigenvalue weighted by Crippen LogP contribution is -2.08. The normalized spacial score (nSPS) is 11.6. The van der Waals surface area contributed by atoms with E-state index in [4.69, 9.17) is 10.5 Å². The molecule has 0 heterocycles. The SMILES string of the molecule is CCCOc1cc(SC(C)(C)C)c(N)cc1F. The molecule has 0 radical (unpaired) electrons. The van der Waals surface area contributed by atoms with Gasteiger partial charge in [-0.2, -0.15) is 0 Å². The number of nitrogens with two attached hydrogens (primary N) is 1. The second kappa shape index (κ2) is 5.63. The zero-order valence-corrected chi connectivity index (χ0v) is 11.7. The zero-order chi connectivity index (χ0) is 13.1. The lowest BCUT2D eigenvalue weighted by Gasteiger charge is -2.19. The highest BCUT2D eigenvalue weighted by atomic mass is 32.2. The maximum absolute atomic E-state index is 13.6. The van der Waals surface area contributed by atoms with E-state index in [0.29, 0.717) is 12.3 Å². The van der Waals surface area contributed by atoms with Gasteiger partial charge in [-0.1, -0.05) is 27.7 Å². The van der Waals surface area contributed by atoms with Crippen molar-refractivity contribution in [1.29, 1.82) is 0 Å². The van der Waals surface area contributed by atoms with E-state index in [1.54, 1.807) is 17.8 Å². The molecule has 0 spiro atoms. The summed E-state index contributed by atoms with van der Waals surface area (Å²) < 4.78 is 19.0. The van der Waals surface area contributed by atoms with Crippen molar-refractivity contribution in [3.05, 3.63) is 17.9 Å². The molecule has 1 aromatic carbocycles. The number of thioether (sulfide) groups is 1. The van der Waals surface area contributed by atoms with E-state index in [-0.39, 0.29) is 10.5 Å². The van der Waals surface area contributed by atoms with Crippen LogP contribution < -0.4 is 10.5 Å². The zero-order valence-electron chi connectivity index (χ0n) is 10.8. The Morgan fingerprint density at radius 3 is 2.53 bits per heavy atom. The molecule has 96 valence electrons.